The van der Waals surface area contributed by atoms with Crippen LogP contribution in [0.15, 0.2) is 71.6 Å². The first-order valence-corrected chi connectivity index (χ1v) is 12.1. The summed E-state index contributed by atoms with van der Waals surface area (Å²) in [5.74, 6) is 0.688. The molecule has 4 rings (SSSR count). The second kappa shape index (κ2) is 9.78. The van der Waals surface area contributed by atoms with Crippen molar-refractivity contribution in [3.8, 4) is 5.75 Å². The molecule has 0 bridgehead atoms. The van der Waals surface area contributed by atoms with Gasteiger partial charge in [-0.3, -0.25) is 4.90 Å². The maximum absolute atomic E-state index is 13.3. The maximum atomic E-state index is 13.3. The van der Waals surface area contributed by atoms with Gasteiger partial charge < -0.3 is 9.47 Å². The smallest absolute Gasteiger partial charge is 0.241 e. The Kier molecular flexibility index (Phi) is 6.87. The van der Waals surface area contributed by atoms with Gasteiger partial charge in [-0.1, -0.05) is 54.6 Å². The second-order valence-corrected chi connectivity index (χ2v) is 9.20. The molecule has 1 N–H and O–H groups in total. The Balaban J connectivity index is 1.62. The zero-order valence-electron chi connectivity index (χ0n) is 17.7. The van der Waals surface area contributed by atoms with Crippen LogP contribution in [-0.2, 0) is 14.8 Å². The van der Waals surface area contributed by atoms with E-state index in [2.05, 4.69) is 9.62 Å². The highest BCUT2D eigenvalue weighted by molar-refractivity contribution is 7.89. The van der Waals surface area contributed by atoms with Crippen molar-refractivity contribution in [2.75, 3.05) is 39.5 Å². The fourth-order valence-electron chi connectivity index (χ4n) is 4.05. The molecule has 0 aliphatic carbocycles. The summed E-state index contributed by atoms with van der Waals surface area (Å²) in [4.78, 5) is 2.54. The number of rotatable bonds is 8. The van der Waals surface area contributed by atoms with E-state index in [4.69, 9.17) is 9.47 Å². The number of hydrogen-bond donors (Lipinski definition) is 1. The van der Waals surface area contributed by atoms with Gasteiger partial charge in [0, 0.05) is 36.4 Å². The van der Waals surface area contributed by atoms with E-state index in [1.807, 2.05) is 61.5 Å². The van der Waals surface area contributed by atoms with Gasteiger partial charge in [0.15, 0.2) is 0 Å². The highest BCUT2D eigenvalue weighted by Gasteiger charge is 2.26. The third kappa shape index (κ3) is 4.91. The predicted octanol–water partition coefficient (Wildman–Crippen LogP) is 3.59. The molecule has 0 aromatic heterocycles. The summed E-state index contributed by atoms with van der Waals surface area (Å²) in [7, 11) is -3.72. The summed E-state index contributed by atoms with van der Waals surface area (Å²) in [6.45, 7) is 5.57. The van der Waals surface area contributed by atoms with Gasteiger partial charge in [0.25, 0.3) is 0 Å². The number of nitrogens with zero attached hydrogens (tertiary/aromatic N) is 1. The van der Waals surface area contributed by atoms with Gasteiger partial charge in [-0.2, -0.15) is 0 Å². The molecule has 1 heterocycles. The lowest BCUT2D eigenvalue weighted by Gasteiger charge is -2.35. The number of nitrogens with one attached hydrogen (secondary N) is 1. The van der Waals surface area contributed by atoms with Gasteiger partial charge in [-0.15, -0.1) is 0 Å². The highest BCUT2D eigenvalue weighted by Crippen LogP contribution is 2.31. The van der Waals surface area contributed by atoms with Crippen LogP contribution in [0.1, 0.15) is 18.5 Å². The lowest BCUT2D eigenvalue weighted by molar-refractivity contribution is 0.0172. The molecule has 3 aromatic rings. The minimum absolute atomic E-state index is 0.0613. The van der Waals surface area contributed by atoms with Gasteiger partial charge in [0.05, 0.1) is 24.7 Å². The van der Waals surface area contributed by atoms with E-state index in [0.717, 1.165) is 24.0 Å². The van der Waals surface area contributed by atoms with Crippen molar-refractivity contribution in [1.29, 1.82) is 0 Å². The van der Waals surface area contributed by atoms with Crippen molar-refractivity contribution in [3.63, 3.8) is 0 Å². The third-order valence-electron chi connectivity index (χ3n) is 5.57. The lowest BCUT2D eigenvalue weighted by Crippen LogP contribution is -2.43. The topological polar surface area (TPSA) is 67.9 Å². The molecular formula is C24H28N2O4S. The van der Waals surface area contributed by atoms with Crippen LogP contribution in [0.2, 0.25) is 0 Å². The monoisotopic (exact) mass is 440 g/mol. The fourth-order valence-corrected chi connectivity index (χ4v) is 5.30. The van der Waals surface area contributed by atoms with Crippen LogP contribution in [-0.4, -0.2) is 52.8 Å². The quantitative estimate of drug-likeness (QED) is 0.580. The second-order valence-electron chi connectivity index (χ2n) is 7.47. The summed E-state index contributed by atoms with van der Waals surface area (Å²) in [6.07, 6.45) is 0. The van der Waals surface area contributed by atoms with Crippen molar-refractivity contribution in [2.24, 2.45) is 0 Å². The van der Waals surface area contributed by atoms with E-state index in [-0.39, 0.29) is 17.5 Å². The molecule has 1 atom stereocenters. The first-order chi connectivity index (χ1) is 15.1. The summed E-state index contributed by atoms with van der Waals surface area (Å²) in [6, 6.07) is 20.8. The Morgan fingerprint density at radius 3 is 2.35 bits per heavy atom. The van der Waals surface area contributed by atoms with Crippen molar-refractivity contribution >= 4 is 20.8 Å². The van der Waals surface area contributed by atoms with Crippen molar-refractivity contribution < 1.29 is 17.9 Å². The van der Waals surface area contributed by atoms with Crippen LogP contribution in [0.25, 0.3) is 10.8 Å². The summed E-state index contributed by atoms with van der Waals surface area (Å²) in [5, 5.41) is 1.45. The normalized spacial score (nSPS) is 16.3. The first kappa shape index (κ1) is 21.8. The van der Waals surface area contributed by atoms with Crippen molar-refractivity contribution in [1.82, 2.24) is 9.62 Å². The van der Waals surface area contributed by atoms with Gasteiger partial charge in [0.2, 0.25) is 10.0 Å². The molecule has 6 nitrogen and oxygen atoms in total. The largest absolute Gasteiger partial charge is 0.493 e. The van der Waals surface area contributed by atoms with E-state index in [1.165, 1.54) is 0 Å². The zero-order chi connectivity index (χ0) is 21.7. The SMILES string of the molecule is CCOc1ccc(S(=O)(=O)NCC(c2ccccc2)N2CCOCC2)c2ccccc12. The molecule has 0 spiro atoms. The third-order valence-corrected chi connectivity index (χ3v) is 7.05. The Morgan fingerprint density at radius 2 is 1.65 bits per heavy atom. The van der Waals surface area contributed by atoms with Crippen LogP contribution < -0.4 is 9.46 Å². The minimum Gasteiger partial charge on any atom is -0.493 e. The average molecular weight is 441 g/mol. The molecule has 1 unspecified atom stereocenters. The Labute approximate surface area is 183 Å². The van der Waals surface area contributed by atoms with Crippen LogP contribution in [0, 0.1) is 0 Å². The number of fused-ring (bicyclic) bond motifs is 1. The van der Waals surface area contributed by atoms with Gasteiger partial charge in [-0.25, -0.2) is 13.1 Å². The number of ether oxygens (including phenoxy) is 2. The summed E-state index contributed by atoms with van der Waals surface area (Å²) < 4.78 is 40.7. The molecule has 1 saturated heterocycles. The lowest BCUT2D eigenvalue weighted by atomic mass is 10.1. The van der Waals surface area contributed by atoms with E-state index in [0.29, 0.717) is 31.0 Å². The molecule has 0 radical (unpaired) electrons. The Bertz CT molecular complexity index is 1110. The average Bonchev–Trinajstić information content (AvgIpc) is 2.81. The van der Waals surface area contributed by atoms with E-state index in [9.17, 15) is 8.42 Å². The standard InChI is InChI=1S/C24H28N2O4S/c1-2-30-23-12-13-24(21-11-7-6-10-20(21)23)31(27,28)25-18-22(19-8-4-3-5-9-19)26-14-16-29-17-15-26/h3-13,22,25H,2,14-18H2,1H3. The fraction of sp³-hybridized carbons (Fsp3) is 0.333. The van der Waals surface area contributed by atoms with Crippen molar-refractivity contribution in [2.45, 2.75) is 17.9 Å². The first-order valence-electron chi connectivity index (χ1n) is 10.6. The summed E-state index contributed by atoms with van der Waals surface area (Å²) in [5.41, 5.74) is 1.09. The number of benzene rings is 3. The number of hydrogen-bond acceptors (Lipinski definition) is 5. The molecule has 0 amide bonds. The minimum atomic E-state index is -3.72. The van der Waals surface area contributed by atoms with Gasteiger partial charge in [0.1, 0.15) is 5.75 Å². The van der Waals surface area contributed by atoms with Crippen molar-refractivity contribution in [3.05, 3.63) is 72.3 Å². The highest BCUT2D eigenvalue weighted by atomic mass is 32.2. The molecule has 1 aliphatic rings. The van der Waals surface area contributed by atoms with Crippen LogP contribution in [0.4, 0.5) is 0 Å². The van der Waals surface area contributed by atoms with Crippen LogP contribution >= 0.6 is 0 Å². The van der Waals surface area contributed by atoms with E-state index >= 15 is 0 Å². The summed E-state index contributed by atoms with van der Waals surface area (Å²) >= 11 is 0. The molecule has 1 aliphatic heterocycles. The molecule has 164 valence electrons. The molecule has 7 heteroatoms. The van der Waals surface area contributed by atoms with E-state index in [1.54, 1.807) is 12.1 Å². The number of sulfonamides is 1. The van der Waals surface area contributed by atoms with E-state index < -0.39 is 10.0 Å². The maximum Gasteiger partial charge on any atom is 0.241 e. The molecule has 31 heavy (non-hydrogen) atoms. The Hall–Kier alpha value is -2.45. The molecular weight excluding hydrogens is 412 g/mol. The number of morpholine rings is 1. The molecule has 1 fully saturated rings. The molecule has 0 saturated carbocycles. The predicted molar refractivity (Wildman–Crippen MR) is 122 cm³/mol. The van der Waals surface area contributed by atoms with Gasteiger partial charge >= 0.3 is 0 Å². The van der Waals surface area contributed by atoms with Gasteiger partial charge in [-0.05, 0) is 24.6 Å². The zero-order valence-corrected chi connectivity index (χ0v) is 18.5. The Morgan fingerprint density at radius 1 is 0.968 bits per heavy atom. The molecule has 3 aromatic carbocycles. The van der Waals surface area contributed by atoms with Crippen LogP contribution in [0.3, 0.4) is 0 Å². The van der Waals surface area contributed by atoms with Crippen LogP contribution in [0.5, 0.6) is 5.75 Å².